The van der Waals surface area contributed by atoms with E-state index >= 15 is 0 Å². The zero-order valence-electron chi connectivity index (χ0n) is 13.7. The van der Waals surface area contributed by atoms with Gasteiger partial charge in [0.2, 0.25) is 5.91 Å². The molecule has 2 rings (SSSR count). The lowest BCUT2D eigenvalue weighted by molar-refractivity contribution is -0.147. The van der Waals surface area contributed by atoms with Gasteiger partial charge in [0.1, 0.15) is 0 Å². The minimum Gasteiger partial charge on any atom is -0.481 e. The molecule has 1 fully saturated rings. The van der Waals surface area contributed by atoms with Gasteiger partial charge >= 0.3 is 5.97 Å². The van der Waals surface area contributed by atoms with Crippen LogP contribution in [0.2, 0.25) is 19.1 Å². The van der Waals surface area contributed by atoms with Crippen molar-refractivity contribution in [1.82, 2.24) is 5.32 Å². The van der Waals surface area contributed by atoms with E-state index in [9.17, 15) is 14.7 Å². The maximum Gasteiger partial charge on any atom is 0.307 e. The highest BCUT2D eigenvalue weighted by Gasteiger charge is 2.51. The minimum atomic E-state index is -1.61. The molecule has 0 radical (unpaired) electrons. The smallest absolute Gasteiger partial charge is 0.307 e. The fourth-order valence-corrected chi connectivity index (χ4v) is 5.78. The van der Waals surface area contributed by atoms with Gasteiger partial charge in [-0.05, 0) is 50.7 Å². The fourth-order valence-electron chi connectivity index (χ4n) is 3.82. The molecule has 0 saturated heterocycles. The van der Waals surface area contributed by atoms with Gasteiger partial charge in [0.05, 0.1) is 11.8 Å². The SMILES string of the molecule is CCO[Si](C)(C)CCCNC(=O)C1C(C(=O)O)[C@@H]2C=C[C@H]1C2. The van der Waals surface area contributed by atoms with Crippen molar-refractivity contribution in [3.05, 3.63) is 12.2 Å². The first kappa shape index (κ1) is 17.2. The van der Waals surface area contributed by atoms with Crippen molar-refractivity contribution in [2.45, 2.75) is 38.9 Å². The van der Waals surface area contributed by atoms with Gasteiger partial charge in [0, 0.05) is 13.2 Å². The highest BCUT2D eigenvalue weighted by Crippen LogP contribution is 2.48. The molecular formula is C16H27NO4Si. The van der Waals surface area contributed by atoms with Crippen LogP contribution in [0.25, 0.3) is 0 Å². The van der Waals surface area contributed by atoms with Crippen molar-refractivity contribution < 1.29 is 19.1 Å². The molecule has 5 nitrogen and oxygen atoms in total. The second-order valence-electron chi connectivity index (χ2n) is 6.93. The number of carboxylic acids is 1. The van der Waals surface area contributed by atoms with Crippen LogP contribution in [0, 0.1) is 23.7 Å². The van der Waals surface area contributed by atoms with Crippen molar-refractivity contribution in [3.8, 4) is 0 Å². The van der Waals surface area contributed by atoms with Gasteiger partial charge in [-0.2, -0.15) is 0 Å². The number of fused-ring (bicyclic) bond motifs is 2. The predicted molar refractivity (Wildman–Crippen MR) is 86.9 cm³/mol. The summed E-state index contributed by atoms with van der Waals surface area (Å²) < 4.78 is 5.76. The number of amides is 1. The molecule has 0 aliphatic heterocycles. The molecule has 2 bridgehead atoms. The van der Waals surface area contributed by atoms with Crippen molar-refractivity contribution in [2.75, 3.05) is 13.2 Å². The second kappa shape index (κ2) is 6.96. The monoisotopic (exact) mass is 325 g/mol. The molecule has 0 aromatic heterocycles. The third-order valence-corrected chi connectivity index (χ3v) is 7.46. The molecular weight excluding hydrogens is 298 g/mol. The molecule has 2 aliphatic carbocycles. The summed E-state index contributed by atoms with van der Waals surface area (Å²) in [6, 6.07) is 1.00. The normalized spacial score (nSPS) is 29.8. The Balaban J connectivity index is 1.80. The lowest BCUT2D eigenvalue weighted by Gasteiger charge is -2.25. The molecule has 6 heteroatoms. The first-order chi connectivity index (χ1) is 10.4. The van der Waals surface area contributed by atoms with E-state index in [1.165, 1.54) is 0 Å². The molecule has 22 heavy (non-hydrogen) atoms. The van der Waals surface area contributed by atoms with Gasteiger partial charge in [-0.1, -0.05) is 12.2 Å². The highest BCUT2D eigenvalue weighted by atomic mass is 28.4. The van der Waals surface area contributed by atoms with Crippen LogP contribution in [0.1, 0.15) is 19.8 Å². The molecule has 1 saturated carbocycles. The average molecular weight is 325 g/mol. The average Bonchev–Trinajstić information content (AvgIpc) is 3.03. The van der Waals surface area contributed by atoms with Crippen molar-refractivity contribution >= 4 is 20.2 Å². The summed E-state index contributed by atoms with van der Waals surface area (Å²) in [5.74, 6) is -1.77. The fraction of sp³-hybridized carbons (Fsp3) is 0.750. The first-order valence-corrected chi connectivity index (χ1v) is 11.3. The van der Waals surface area contributed by atoms with Gasteiger partial charge in [-0.15, -0.1) is 0 Å². The van der Waals surface area contributed by atoms with Crippen LogP contribution in [0.5, 0.6) is 0 Å². The number of carboxylic acid groups (broad SMARTS) is 1. The van der Waals surface area contributed by atoms with Crippen molar-refractivity contribution in [2.24, 2.45) is 23.7 Å². The van der Waals surface area contributed by atoms with Gasteiger partial charge in [-0.25, -0.2) is 0 Å². The van der Waals surface area contributed by atoms with E-state index in [0.29, 0.717) is 6.54 Å². The lowest BCUT2D eigenvalue weighted by atomic mass is 9.82. The molecule has 2 unspecified atom stereocenters. The Hall–Kier alpha value is -1.14. The number of hydrogen-bond donors (Lipinski definition) is 2. The summed E-state index contributed by atoms with van der Waals surface area (Å²) in [6.45, 7) is 7.71. The zero-order valence-corrected chi connectivity index (χ0v) is 14.7. The summed E-state index contributed by atoms with van der Waals surface area (Å²) in [7, 11) is -1.61. The van der Waals surface area contributed by atoms with Gasteiger partial charge in [0.15, 0.2) is 8.32 Å². The number of carbonyl (C=O) groups excluding carboxylic acids is 1. The van der Waals surface area contributed by atoms with E-state index in [1.54, 1.807) is 0 Å². The van der Waals surface area contributed by atoms with Crippen LogP contribution >= 0.6 is 0 Å². The Morgan fingerprint density at radius 3 is 2.50 bits per heavy atom. The molecule has 0 aromatic rings. The van der Waals surface area contributed by atoms with Crippen molar-refractivity contribution in [1.29, 1.82) is 0 Å². The first-order valence-electron chi connectivity index (χ1n) is 8.18. The molecule has 0 heterocycles. The second-order valence-corrected chi connectivity index (χ2v) is 11.2. The number of aliphatic carboxylic acids is 1. The topological polar surface area (TPSA) is 75.6 Å². The zero-order chi connectivity index (χ0) is 16.3. The van der Waals surface area contributed by atoms with Crippen LogP contribution in [0.3, 0.4) is 0 Å². The minimum absolute atomic E-state index is 0.0301. The summed E-state index contributed by atoms with van der Waals surface area (Å²) >= 11 is 0. The van der Waals surface area contributed by atoms with Crippen LogP contribution in [0.4, 0.5) is 0 Å². The van der Waals surface area contributed by atoms with Gasteiger partial charge < -0.3 is 14.8 Å². The van der Waals surface area contributed by atoms with Gasteiger partial charge in [-0.3, -0.25) is 9.59 Å². The number of rotatable bonds is 8. The van der Waals surface area contributed by atoms with Crippen molar-refractivity contribution in [3.63, 3.8) is 0 Å². The van der Waals surface area contributed by atoms with E-state index in [0.717, 1.165) is 25.5 Å². The number of allylic oxidation sites excluding steroid dienone is 2. The number of nitrogens with one attached hydrogen (secondary N) is 1. The molecule has 124 valence electrons. The van der Waals surface area contributed by atoms with Crippen LogP contribution in [0.15, 0.2) is 12.2 Å². The maximum atomic E-state index is 12.4. The molecule has 0 spiro atoms. The van der Waals surface area contributed by atoms with E-state index in [1.807, 2.05) is 19.1 Å². The Kier molecular flexibility index (Phi) is 5.44. The summed E-state index contributed by atoms with van der Waals surface area (Å²) in [6.07, 6.45) is 5.67. The lowest BCUT2D eigenvalue weighted by Crippen LogP contribution is -2.41. The van der Waals surface area contributed by atoms with Crippen LogP contribution in [-0.4, -0.2) is 38.5 Å². The van der Waals surface area contributed by atoms with E-state index in [4.69, 9.17) is 4.43 Å². The standard InChI is InChI=1S/C16H27NO4Si/c1-4-21-22(2,3)9-5-8-17-15(18)13-11-6-7-12(10-11)14(13)16(19)20/h6-7,11-14H,4-5,8-10H2,1-3H3,(H,17,18)(H,19,20)/t11-,12+,13?,14?/m0/s1. The quantitative estimate of drug-likeness (QED) is 0.408. The molecule has 4 atom stereocenters. The largest absolute Gasteiger partial charge is 0.481 e. The Bertz CT molecular complexity index is 463. The predicted octanol–water partition coefficient (Wildman–Crippen LogP) is 2.26. The molecule has 2 N–H and O–H groups in total. The molecule has 0 aromatic carbocycles. The van der Waals surface area contributed by atoms with Gasteiger partial charge in [0.25, 0.3) is 0 Å². The summed E-state index contributed by atoms with van der Waals surface area (Å²) in [4.78, 5) is 23.8. The summed E-state index contributed by atoms with van der Waals surface area (Å²) in [5.41, 5.74) is 0. The summed E-state index contributed by atoms with van der Waals surface area (Å²) in [5, 5.41) is 12.3. The van der Waals surface area contributed by atoms with Crippen LogP contribution < -0.4 is 5.32 Å². The Labute approximate surface area is 133 Å². The van der Waals surface area contributed by atoms with E-state index in [2.05, 4.69) is 18.4 Å². The van der Waals surface area contributed by atoms with Crippen LogP contribution in [-0.2, 0) is 14.0 Å². The van der Waals surface area contributed by atoms with E-state index in [-0.39, 0.29) is 17.7 Å². The number of carbonyl (C=O) groups is 2. The van der Waals surface area contributed by atoms with E-state index < -0.39 is 26.1 Å². The molecule has 1 amide bonds. The Morgan fingerprint density at radius 1 is 1.27 bits per heavy atom. The Morgan fingerprint density at radius 2 is 1.91 bits per heavy atom. The number of hydrogen-bond acceptors (Lipinski definition) is 3. The maximum absolute atomic E-state index is 12.4. The third kappa shape index (κ3) is 3.79. The highest BCUT2D eigenvalue weighted by molar-refractivity contribution is 6.71. The molecule has 2 aliphatic rings. The third-order valence-electron chi connectivity index (χ3n) is 4.84.